The topological polar surface area (TPSA) is 101 Å². The van der Waals surface area contributed by atoms with Crippen LogP contribution in [-0.2, 0) is 4.79 Å². The number of benzene rings is 2. The maximum atomic E-state index is 10.9. The number of carboxylic acids is 1. The van der Waals surface area contributed by atoms with Crippen molar-refractivity contribution in [3.05, 3.63) is 42.0 Å². The maximum absolute atomic E-state index is 10.9. The Kier molecular flexibility index (Phi) is 10.6. The van der Waals surface area contributed by atoms with Crippen LogP contribution in [0.3, 0.4) is 0 Å². The number of amides is 1. The lowest BCUT2D eigenvalue weighted by Crippen LogP contribution is -2.10. The molecule has 0 unspecified atom stereocenters. The van der Waals surface area contributed by atoms with Gasteiger partial charge in [-0.3, -0.25) is 9.59 Å². The van der Waals surface area contributed by atoms with Crippen LogP contribution in [0.2, 0.25) is 0 Å². The van der Waals surface area contributed by atoms with Gasteiger partial charge in [0.1, 0.15) is 5.75 Å². The molecular formula is C22H31NO4. The van der Waals surface area contributed by atoms with Crippen molar-refractivity contribution in [3.8, 4) is 5.75 Å². The molecule has 0 atom stereocenters. The summed E-state index contributed by atoms with van der Waals surface area (Å²) >= 11 is 0. The van der Waals surface area contributed by atoms with Gasteiger partial charge in [-0.05, 0) is 17.9 Å². The van der Waals surface area contributed by atoms with Gasteiger partial charge in [0.25, 0.3) is 5.91 Å². The van der Waals surface area contributed by atoms with Crippen LogP contribution in [0.15, 0.2) is 36.4 Å². The number of hydrogen-bond donors (Lipinski definition) is 3. The van der Waals surface area contributed by atoms with Crippen LogP contribution in [-0.4, -0.2) is 22.1 Å². The molecular weight excluding hydrogens is 342 g/mol. The SMILES string of the molecule is CCCCCCCCCCC(=O)O.NC(=O)c1ccc2ccccc2c1O. The smallest absolute Gasteiger partial charge is 0.303 e. The number of nitrogens with two attached hydrogens (primary N) is 1. The van der Waals surface area contributed by atoms with E-state index in [0.29, 0.717) is 11.8 Å². The van der Waals surface area contributed by atoms with Gasteiger partial charge in [0.05, 0.1) is 5.56 Å². The van der Waals surface area contributed by atoms with E-state index in [9.17, 15) is 14.7 Å². The van der Waals surface area contributed by atoms with Crippen molar-refractivity contribution in [1.29, 1.82) is 0 Å². The summed E-state index contributed by atoms with van der Waals surface area (Å²) in [5, 5.41) is 19.6. The van der Waals surface area contributed by atoms with E-state index in [-0.39, 0.29) is 11.3 Å². The van der Waals surface area contributed by atoms with Crippen LogP contribution < -0.4 is 5.73 Å². The number of carboxylic acid groups (broad SMARTS) is 1. The van der Waals surface area contributed by atoms with Crippen molar-refractivity contribution < 1.29 is 19.8 Å². The molecule has 0 spiro atoms. The zero-order valence-corrected chi connectivity index (χ0v) is 16.1. The third-order valence-electron chi connectivity index (χ3n) is 4.41. The van der Waals surface area contributed by atoms with Crippen LogP contribution in [0.1, 0.15) is 75.1 Å². The summed E-state index contributed by atoms with van der Waals surface area (Å²) in [4.78, 5) is 21.1. The number of aromatic hydroxyl groups is 1. The third kappa shape index (κ3) is 8.58. The Morgan fingerprint density at radius 3 is 2.07 bits per heavy atom. The monoisotopic (exact) mass is 373 g/mol. The lowest BCUT2D eigenvalue weighted by Gasteiger charge is -2.04. The Morgan fingerprint density at radius 2 is 1.48 bits per heavy atom. The highest BCUT2D eigenvalue weighted by Gasteiger charge is 2.09. The van der Waals surface area contributed by atoms with Gasteiger partial charge < -0.3 is 15.9 Å². The number of hydrogen-bond acceptors (Lipinski definition) is 3. The summed E-state index contributed by atoms with van der Waals surface area (Å²) in [5.74, 6) is -1.32. The Balaban J connectivity index is 0.000000271. The molecule has 5 nitrogen and oxygen atoms in total. The van der Waals surface area contributed by atoms with Crippen molar-refractivity contribution in [3.63, 3.8) is 0 Å². The summed E-state index contributed by atoms with van der Waals surface area (Å²) in [7, 11) is 0. The molecule has 0 aliphatic rings. The van der Waals surface area contributed by atoms with Gasteiger partial charge in [0, 0.05) is 11.8 Å². The van der Waals surface area contributed by atoms with Gasteiger partial charge in [-0.1, -0.05) is 82.2 Å². The molecule has 4 N–H and O–H groups in total. The first-order chi connectivity index (χ1) is 13.0. The number of carbonyl (C=O) groups excluding carboxylic acids is 1. The van der Waals surface area contributed by atoms with Gasteiger partial charge in [0.2, 0.25) is 0 Å². The van der Waals surface area contributed by atoms with E-state index in [1.165, 1.54) is 44.6 Å². The second kappa shape index (κ2) is 12.7. The zero-order chi connectivity index (χ0) is 20.1. The van der Waals surface area contributed by atoms with Crippen molar-refractivity contribution in [2.24, 2.45) is 5.73 Å². The Morgan fingerprint density at radius 1 is 0.889 bits per heavy atom. The van der Waals surface area contributed by atoms with Crippen molar-refractivity contribution in [2.75, 3.05) is 0 Å². The molecule has 2 rings (SSSR count). The van der Waals surface area contributed by atoms with E-state index in [2.05, 4.69) is 6.92 Å². The van der Waals surface area contributed by atoms with Crippen molar-refractivity contribution in [2.45, 2.75) is 64.7 Å². The largest absolute Gasteiger partial charge is 0.506 e. The molecule has 5 heteroatoms. The molecule has 27 heavy (non-hydrogen) atoms. The highest BCUT2D eigenvalue weighted by molar-refractivity contribution is 6.02. The normalized spacial score (nSPS) is 10.3. The zero-order valence-electron chi connectivity index (χ0n) is 16.1. The minimum Gasteiger partial charge on any atom is -0.506 e. The fourth-order valence-corrected chi connectivity index (χ4v) is 2.86. The summed E-state index contributed by atoms with van der Waals surface area (Å²) in [6, 6.07) is 10.6. The first kappa shape index (κ1) is 22.5. The quantitative estimate of drug-likeness (QED) is 0.495. The number of unbranched alkanes of at least 4 members (excludes halogenated alkanes) is 7. The van der Waals surface area contributed by atoms with Crippen LogP contribution >= 0.6 is 0 Å². The Bertz CT molecular complexity index is 727. The molecule has 0 aromatic heterocycles. The van der Waals surface area contributed by atoms with E-state index in [0.717, 1.165) is 18.2 Å². The average Bonchev–Trinajstić information content (AvgIpc) is 2.64. The van der Waals surface area contributed by atoms with Crippen LogP contribution in [0.25, 0.3) is 10.8 Å². The van der Waals surface area contributed by atoms with Gasteiger partial charge in [-0.15, -0.1) is 0 Å². The molecule has 0 fully saturated rings. The number of carbonyl (C=O) groups is 2. The standard InChI is InChI=1S/C11H9NO2.C11H22O2/c12-11(14)9-6-5-7-3-1-2-4-8(7)10(9)13;1-2-3-4-5-6-7-8-9-10-11(12)13/h1-6,13H,(H2,12,14);2-10H2,1H3,(H,12,13). The molecule has 0 radical (unpaired) electrons. The Labute approximate surface area is 161 Å². The number of fused-ring (bicyclic) bond motifs is 1. The third-order valence-corrected chi connectivity index (χ3v) is 4.41. The Hall–Kier alpha value is -2.56. The van der Waals surface area contributed by atoms with Gasteiger partial charge in [-0.2, -0.15) is 0 Å². The van der Waals surface area contributed by atoms with E-state index < -0.39 is 11.9 Å². The fraction of sp³-hybridized carbons (Fsp3) is 0.455. The van der Waals surface area contributed by atoms with Crippen LogP contribution in [0, 0.1) is 0 Å². The highest BCUT2D eigenvalue weighted by Crippen LogP contribution is 2.27. The van der Waals surface area contributed by atoms with Crippen molar-refractivity contribution >= 4 is 22.6 Å². The molecule has 0 aliphatic carbocycles. The van der Waals surface area contributed by atoms with E-state index in [1.54, 1.807) is 18.2 Å². The average molecular weight is 373 g/mol. The molecule has 0 bridgehead atoms. The maximum Gasteiger partial charge on any atom is 0.303 e. The number of phenols is 1. The molecule has 0 aliphatic heterocycles. The van der Waals surface area contributed by atoms with Gasteiger partial charge in [0.15, 0.2) is 0 Å². The fourth-order valence-electron chi connectivity index (χ4n) is 2.86. The summed E-state index contributed by atoms with van der Waals surface area (Å²) < 4.78 is 0. The molecule has 0 saturated carbocycles. The summed E-state index contributed by atoms with van der Waals surface area (Å²) in [6.07, 6.45) is 10.1. The second-order valence-corrected chi connectivity index (χ2v) is 6.67. The molecule has 2 aromatic carbocycles. The summed E-state index contributed by atoms with van der Waals surface area (Å²) in [5.41, 5.74) is 5.26. The molecule has 0 saturated heterocycles. The van der Waals surface area contributed by atoms with Crippen LogP contribution in [0.4, 0.5) is 0 Å². The lowest BCUT2D eigenvalue weighted by molar-refractivity contribution is -0.137. The first-order valence-electron chi connectivity index (χ1n) is 9.69. The molecule has 0 heterocycles. The highest BCUT2D eigenvalue weighted by atomic mass is 16.4. The van der Waals surface area contributed by atoms with E-state index in [4.69, 9.17) is 10.8 Å². The van der Waals surface area contributed by atoms with E-state index in [1.807, 2.05) is 12.1 Å². The van der Waals surface area contributed by atoms with Gasteiger partial charge in [-0.25, -0.2) is 0 Å². The number of aliphatic carboxylic acids is 1. The molecule has 1 amide bonds. The number of rotatable bonds is 10. The van der Waals surface area contributed by atoms with Crippen molar-refractivity contribution in [1.82, 2.24) is 0 Å². The summed E-state index contributed by atoms with van der Waals surface area (Å²) in [6.45, 7) is 2.22. The minimum absolute atomic E-state index is 0.0457. The molecule has 2 aromatic rings. The number of primary amides is 1. The van der Waals surface area contributed by atoms with E-state index >= 15 is 0 Å². The lowest BCUT2D eigenvalue weighted by atomic mass is 10.1. The minimum atomic E-state index is -0.661. The van der Waals surface area contributed by atoms with Crippen LogP contribution in [0.5, 0.6) is 5.75 Å². The van der Waals surface area contributed by atoms with Gasteiger partial charge >= 0.3 is 5.97 Å². The molecule has 148 valence electrons. The second-order valence-electron chi connectivity index (χ2n) is 6.67. The first-order valence-corrected chi connectivity index (χ1v) is 9.69. The predicted molar refractivity (Wildman–Crippen MR) is 109 cm³/mol. The predicted octanol–water partition coefficient (Wildman–Crippen LogP) is 5.25.